The molecule has 0 spiro atoms. The maximum Gasteiger partial charge on any atom is 3.00 e. The Morgan fingerprint density at radius 1 is 0.600 bits per heavy atom. The third-order valence-electron chi connectivity index (χ3n) is 0. The molecule has 0 amide bonds. The van der Waals surface area contributed by atoms with Gasteiger partial charge in [-0.25, -0.2) is 0 Å². The van der Waals surface area contributed by atoms with Gasteiger partial charge in [-0.3, -0.25) is 0 Å². The van der Waals surface area contributed by atoms with Crippen molar-refractivity contribution in [2.75, 3.05) is 0 Å². The van der Waals surface area contributed by atoms with Crippen LogP contribution in [-0.4, -0.2) is 0 Å². The molecular weight excluding hydrogens is 117 g/mol. The van der Waals surface area contributed by atoms with Gasteiger partial charge >= 0.3 is 21.7 Å². The van der Waals surface area contributed by atoms with Crippen molar-refractivity contribution in [3.8, 4) is 0 Å². The number of hydrogen-bond acceptors (Lipinski definition) is 0. The van der Waals surface area contributed by atoms with Crippen LogP contribution in [0, 0.1) is 0 Å². The van der Waals surface area contributed by atoms with E-state index in [1.807, 2.05) is 0 Å². The summed E-state index contributed by atoms with van der Waals surface area (Å²) in [7, 11) is 0. The molecule has 0 saturated heterocycles. The Morgan fingerprint density at radius 3 is 0.600 bits per heavy atom. The van der Waals surface area contributed by atoms with Crippen LogP contribution < -0.4 is 14.1 Å². The molecule has 0 aliphatic carbocycles. The van der Waals surface area contributed by atoms with Gasteiger partial charge in [-0.15, -0.1) is 0 Å². The molecular formula is CH4F3Ti. The fourth-order valence-electron chi connectivity index (χ4n) is 0. The van der Waals surface area contributed by atoms with E-state index in [2.05, 4.69) is 0 Å². The Labute approximate surface area is 43.9 Å². The van der Waals surface area contributed by atoms with Crippen LogP contribution in [0.4, 0.5) is 0 Å². The third kappa shape index (κ3) is 111. The molecule has 0 aromatic heterocycles. The van der Waals surface area contributed by atoms with E-state index in [0.717, 1.165) is 0 Å². The molecule has 0 aromatic carbocycles. The monoisotopic (exact) mass is 121 g/mol. The molecule has 0 nitrogen and oxygen atoms in total. The van der Waals surface area contributed by atoms with E-state index in [4.69, 9.17) is 0 Å². The van der Waals surface area contributed by atoms with Crippen LogP contribution in [0.2, 0.25) is 0 Å². The standard InChI is InChI=1S/CH4.3FH.Ti/h1H4;3*1H;/q;;;;+3/p-3. The van der Waals surface area contributed by atoms with Crippen molar-refractivity contribution in [3.05, 3.63) is 0 Å². The molecule has 0 saturated carbocycles. The third-order valence-corrected chi connectivity index (χ3v) is 0. The molecule has 0 unspecified atom stereocenters. The minimum absolute atomic E-state index is 0. The Bertz CT molecular complexity index is 6.85. The average Bonchev–Trinajstić information content (AvgIpc) is 0. The normalized spacial score (nSPS) is 0. The second kappa shape index (κ2) is 218. The smallest absolute Gasteiger partial charge is 1.00 e. The van der Waals surface area contributed by atoms with Crippen LogP contribution in [-0.2, 0) is 21.7 Å². The summed E-state index contributed by atoms with van der Waals surface area (Å²) in [5.41, 5.74) is 0. The zero-order valence-corrected chi connectivity index (χ0v) is 3.20. The van der Waals surface area contributed by atoms with Crippen LogP contribution in [0.5, 0.6) is 0 Å². The zero-order chi connectivity index (χ0) is 0. The summed E-state index contributed by atoms with van der Waals surface area (Å²) >= 11 is 0. The Morgan fingerprint density at radius 2 is 0.600 bits per heavy atom. The molecule has 0 N–H and O–H groups in total. The van der Waals surface area contributed by atoms with Crippen molar-refractivity contribution in [1.82, 2.24) is 0 Å². The van der Waals surface area contributed by atoms with Crippen molar-refractivity contribution < 1.29 is 35.8 Å². The minimum atomic E-state index is 0. The van der Waals surface area contributed by atoms with Gasteiger partial charge in [0, 0.05) is 0 Å². The van der Waals surface area contributed by atoms with Gasteiger partial charge in [0.1, 0.15) is 0 Å². The summed E-state index contributed by atoms with van der Waals surface area (Å²) in [5, 5.41) is 0. The van der Waals surface area contributed by atoms with Gasteiger partial charge in [-0.1, -0.05) is 7.43 Å². The van der Waals surface area contributed by atoms with Crippen LogP contribution in [0.25, 0.3) is 0 Å². The fraction of sp³-hybridized carbons (Fsp3) is 1.00. The summed E-state index contributed by atoms with van der Waals surface area (Å²) in [6.45, 7) is 0. The molecule has 0 fully saturated rings. The summed E-state index contributed by atoms with van der Waals surface area (Å²) < 4.78 is 0. The van der Waals surface area contributed by atoms with Gasteiger partial charge in [-0.2, -0.15) is 0 Å². The predicted octanol–water partition coefficient (Wildman–Crippen LogP) is -8.35. The first-order valence-electron chi connectivity index (χ1n) is 0. The van der Waals surface area contributed by atoms with E-state index >= 15 is 0 Å². The Balaban J connectivity index is 0. The van der Waals surface area contributed by atoms with Crippen molar-refractivity contribution in [2.45, 2.75) is 7.43 Å². The predicted molar refractivity (Wildman–Crippen MR) is 6.73 cm³/mol. The number of halogens is 3. The van der Waals surface area contributed by atoms with Crippen molar-refractivity contribution >= 4 is 0 Å². The first-order chi connectivity index (χ1) is 0. The Hall–Kier alpha value is 0.504. The fourth-order valence-corrected chi connectivity index (χ4v) is 0. The summed E-state index contributed by atoms with van der Waals surface area (Å²) in [4.78, 5) is 0. The topological polar surface area (TPSA) is 0 Å². The van der Waals surface area contributed by atoms with E-state index in [0.29, 0.717) is 0 Å². The van der Waals surface area contributed by atoms with E-state index < -0.39 is 0 Å². The zero-order valence-electron chi connectivity index (χ0n) is 1.63. The van der Waals surface area contributed by atoms with Gasteiger partial charge < -0.3 is 14.1 Å². The summed E-state index contributed by atoms with van der Waals surface area (Å²) in [6, 6.07) is 0. The van der Waals surface area contributed by atoms with Crippen LogP contribution in [0.15, 0.2) is 0 Å². The molecule has 0 aromatic rings. The van der Waals surface area contributed by atoms with Crippen LogP contribution in [0.1, 0.15) is 7.43 Å². The van der Waals surface area contributed by atoms with Gasteiger partial charge in [0.25, 0.3) is 0 Å². The largest absolute Gasteiger partial charge is 3.00 e. The molecule has 5 heavy (non-hydrogen) atoms. The minimum Gasteiger partial charge on any atom is -1.00 e. The second-order valence-electron chi connectivity index (χ2n) is 0. The molecule has 0 bridgehead atoms. The van der Waals surface area contributed by atoms with E-state index in [-0.39, 0.29) is 43.3 Å². The van der Waals surface area contributed by atoms with Gasteiger partial charge in [-0.05, 0) is 0 Å². The number of rotatable bonds is 0. The molecule has 1 radical (unpaired) electrons. The van der Waals surface area contributed by atoms with Gasteiger partial charge in [0.15, 0.2) is 0 Å². The van der Waals surface area contributed by atoms with E-state index in [9.17, 15) is 0 Å². The first kappa shape index (κ1) is 439. The van der Waals surface area contributed by atoms with Crippen molar-refractivity contribution in [1.29, 1.82) is 0 Å². The maximum absolute atomic E-state index is 0. The van der Waals surface area contributed by atoms with Crippen LogP contribution >= 0.6 is 0 Å². The van der Waals surface area contributed by atoms with Crippen molar-refractivity contribution in [2.24, 2.45) is 0 Å². The van der Waals surface area contributed by atoms with E-state index in [1.165, 1.54) is 0 Å². The van der Waals surface area contributed by atoms with Gasteiger partial charge in [0.05, 0.1) is 0 Å². The summed E-state index contributed by atoms with van der Waals surface area (Å²) in [5.74, 6) is 0. The SMILES string of the molecule is C.[F-].[F-].[F-].[Ti+3]. The Kier molecular flexibility index (Phi) is 19100. The molecule has 0 aliphatic rings. The molecule has 0 rings (SSSR count). The molecule has 0 aliphatic heterocycles. The maximum atomic E-state index is 0. The number of hydrogen-bond donors (Lipinski definition) is 0. The average molecular weight is 121 g/mol. The van der Waals surface area contributed by atoms with Gasteiger partial charge in [0.2, 0.25) is 0 Å². The molecule has 33 valence electrons. The van der Waals surface area contributed by atoms with Crippen LogP contribution in [0.3, 0.4) is 0 Å². The van der Waals surface area contributed by atoms with E-state index in [1.54, 1.807) is 0 Å². The first-order valence-corrected chi connectivity index (χ1v) is 0. The quantitative estimate of drug-likeness (QED) is 0.279. The molecule has 0 atom stereocenters. The molecule has 4 heteroatoms. The second-order valence-corrected chi connectivity index (χ2v) is 0. The molecule has 0 heterocycles. The summed E-state index contributed by atoms with van der Waals surface area (Å²) in [6.07, 6.45) is 0. The van der Waals surface area contributed by atoms with Crippen molar-refractivity contribution in [3.63, 3.8) is 0 Å².